The first-order valence-electron chi connectivity index (χ1n) is 6.83. The largest absolute Gasteiger partial charge is 0.343 e. The first-order valence-corrected chi connectivity index (χ1v) is 7.65. The number of hydrogen-bond donors (Lipinski definition) is 0. The van der Waals surface area contributed by atoms with E-state index in [1.165, 1.54) is 39.2 Å². The van der Waals surface area contributed by atoms with Crippen LogP contribution in [0.1, 0.15) is 18.1 Å². The highest BCUT2D eigenvalue weighted by Crippen LogP contribution is 2.23. The van der Waals surface area contributed by atoms with Crippen LogP contribution in [0, 0.1) is 6.92 Å². The summed E-state index contributed by atoms with van der Waals surface area (Å²) in [6.45, 7) is 5.79. The molecule has 108 valence electrons. The predicted octanol–water partition coefficient (Wildman–Crippen LogP) is 2.49. The van der Waals surface area contributed by atoms with Crippen LogP contribution in [0.2, 0.25) is 0 Å². The van der Waals surface area contributed by atoms with Gasteiger partial charge in [0.15, 0.2) is 0 Å². The van der Waals surface area contributed by atoms with Crippen molar-refractivity contribution in [1.82, 2.24) is 14.6 Å². The normalized spacial score (nSPS) is 11.0. The highest BCUT2D eigenvalue weighted by atomic mass is 32.1. The number of aryl methyl sites for hydroxylation is 1. The van der Waals surface area contributed by atoms with Crippen molar-refractivity contribution in [3.63, 3.8) is 0 Å². The van der Waals surface area contributed by atoms with Crippen LogP contribution in [-0.4, -0.2) is 21.1 Å². The van der Waals surface area contributed by atoms with Gasteiger partial charge in [-0.25, -0.2) is 4.98 Å². The minimum atomic E-state index is -0.144. The molecule has 1 aromatic carbocycles. The summed E-state index contributed by atoms with van der Waals surface area (Å²) < 4.78 is 1.36. The van der Waals surface area contributed by atoms with Gasteiger partial charge in [-0.05, 0) is 25.0 Å². The number of hydrogen-bond acceptors (Lipinski definition) is 5. The van der Waals surface area contributed by atoms with Gasteiger partial charge in [-0.1, -0.05) is 35.6 Å². The molecule has 0 N–H and O–H groups in total. The molecule has 0 aliphatic carbocycles. The Bertz CT molecular complexity index is 824. The Morgan fingerprint density at radius 1 is 1.29 bits per heavy atom. The number of rotatable bonds is 4. The lowest BCUT2D eigenvalue weighted by Crippen LogP contribution is -2.23. The maximum absolute atomic E-state index is 11.8. The lowest BCUT2D eigenvalue weighted by Gasteiger charge is -2.20. The molecule has 3 rings (SSSR count). The third kappa shape index (κ3) is 2.67. The summed E-state index contributed by atoms with van der Waals surface area (Å²) in [5, 5.41) is 5.21. The molecule has 0 fully saturated rings. The Morgan fingerprint density at radius 3 is 2.81 bits per heavy atom. The molecule has 0 aliphatic rings. The highest BCUT2D eigenvalue weighted by Gasteiger charge is 2.13. The van der Waals surface area contributed by atoms with Crippen molar-refractivity contribution < 1.29 is 0 Å². The molecule has 0 spiro atoms. The molecular weight excluding hydrogens is 284 g/mol. The molecule has 2 aromatic heterocycles. The summed E-state index contributed by atoms with van der Waals surface area (Å²) in [4.78, 5) is 18.7. The number of anilines is 1. The van der Waals surface area contributed by atoms with E-state index in [-0.39, 0.29) is 5.56 Å². The van der Waals surface area contributed by atoms with Gasteiger partial charge in [0.2, 0.25) is 10.1 Å². The van der Waals surface area contributed by atoms with E-state index in [4.69, 9.17) is 0 Å². The average Bonchev–Trinajstić information content (AvgIpc) is 2.92. The Kier molecular flexibility index (Phi) is 3.70. The van der Waals surface area contributed by atoms with Crippen LogP contribution in [0.3, 0.4) is 0 Å². The Balaban J connectivity index is 1.97. The van der Waals surface area contributed by atoms with Crippen molar-refractivity contribution in [3.8, 4) is 0 Å². The lowest BCUT2D eigenvalue weighted by atomic mass is 10.1. The zero-order valence-electron chi connectivity index (χ0n) is 12.0. The Hall–Kier alpha value is -2.21. The Morgan fingerprint density at radius 2 is 2.10 bits per heavy atom. The molecule has 0 saturated heterocycles. The average molecular weight is 300 g/mol. The van der Waals surface area contributed by atoms with Crippen molar-refractivity contribution in [2.75, 3.05) is 11.4 Å². The minimum absolute atomic E-state index is 0.144. The Labute approximate surface area is 126 Å². The van der Waals surface area contributed by atoms with Gasteiger partial charge in [-0.3, -0.25) is 4.79 Å². The van der Waals surface area contributed by atoms with Crippen LogP contribution >= 0.6 is 11.3 Å². The van der Waals surface area contributed by atoms with E-state index in [9.17, 15) is 4.79 Å². The van der Waals surface area contributed by atoms with E-state index in [0.717, 1.165) is 18.2 Å². The molecule has 0 radical (unpaired) electrons. The standard InChI is InChI=1S/C15H16N4OS/c1-3-18(10-12-7-5-4-6-11(12)2)15-17-19-13(20)8-9-16-14(19)21-15/h4-9H,3,10H2,1-2H3. The molecule has 21 heavy (non-hydrogen) atoms. The summed E-state index contributed by atoms with van der Waals surface area (Å²) in [7, 11) is 0. The van der Waals surface area contributed by atoms with Gasteiger partial charge in [0.1, 0.15) is 0 Å². The quantitative estimate of drug-likeness (QED) is 0.743. The molecule has 5 nitrogen and oxygen atoms in total. The summed E-state index contributed by atoms with van der Waals surface area (Å²) in [5.74, 6) is 0. The van der Waals surface area contributed by atoms with Gasteiger partial charge in [0, 0.05) is 25.4 Å². The summed E-state index contributed by atoms with van der Waals surface area (Å²) in [6.07, 6.45) is 1.53. The van der Waals surface area contributed by atoms with Crippen LogP contribution in [0.5, 0.6) is 0 Å². The number of fused-ring (bicyclic) bond motifs is 1. The lowest BCUT2D eigenvalue weighted by molar-refractivity contribution is 0.791. The maximum atomic E-state index is 11.8. The third-order valence-electron chi connectivity index (χ3n) is 3.43. The first-order chi connectivity index (χ1) is 10.2. The molecule has 0 saturated carbocycles. The second kappa shape index (κ2) is 5.65. The summed E-state index contributed by atoms with van der Waals surface area (Å²) in [6, 6.07) is 9.73. The van der Waals surface area contributed by atoms with E-state index in [2.05, 4.69) is 41.0 Å². The van der Waals surface area contributed by atoms with E-state index >= 15 is 0 Å². The molecule has 0 aliphatic heterocycles. The predicted molar refractivity (Wildman–Crippen MR) is 85.0 cm³/mol. The second-order valence-electron chi connectivity index (χ2n) is 4.80. The SMILES string of the molecule is CCN(Cc1ccccc1C)c1nn2c(=O)ccnc2s1. The van der Waals surface area contributed by atoms with E-state index in [1.54, 1.807) is 0 Å². The van der Waals surface area contributed by atoms with Gasteiger partial charge >= 0.3 is 0 Å². The smallest absolute Gasteiger partial charge is 0.275 e. The fourth-order valence-electron chi connectivity index (χ4n) is 2.17. The van der Waals surface area contributed by atoms with Gasteiger partial charge in [0.05, 0.1) is 0 Å². The van der Waals surface area contributed by atoms with Gasteiger partial charge in [-0.2, -0.15) is 4.52 Å². The van der Waals surface area contributed by atoms with Gasteiger partial charge in [0.25, 0.3) is 5.56 Å². The molecule has 0 bridgehead atoms. The van der Waals surface area contributed by atoms with Crippen molar-refractivity contribution in [2.24, 2.45) is 0 Å². The number of aromatic nitrogens is 3. The van der Waals surface area contributed by atoms with E-state index in [0.29, 0.717) is 4.96 Å². The van der Waals surface area contributed by atoms with Crippen molar-refractivity contribution in [3.05, 3.63) is 58.0 Å². The first kappa shape index (κ1) is 13.8. The molecule has 0 amide bonds. The van der Waals surface area contributed by atoms with Crippen LogP contribution in [0.15, 0.2) is 41.3 Å². The highest BCUT2D eigenvalue weighted by molar-refractivity contribution is 7.20. The fourth-order valence-corrected chi connectivity index (χ4v) is 3.11. The van der Waals surface area contributed by atoms with Gasteiger partial charge < -0.3 is 4.90 Å². The zero-order chi connectivity index (χ0) is 14.8. The zero-order valence-corrected chi connectivity index (χ0v) is 12.8. The topological polar surface area (TPSA) is 50.5 Å². The molecular formula is C15H16N4OS. The molecule has 6 heteroatoms. The maximum Gasteiger partial charge on any atom is 0.275 e. The monoisotopic (exact) mass is 300 g/mol. The third-order valence-corrected chi connectivity index (χ3v) is 4.42. The van der Waals surface area contributed by atoms with Crippen LogP contribution in [0.4, 0.5) is 5.13 Å². The molecule has 2 heterocycles. The molecule has 3 aromatic rings. The van der Waals surface area contributed by atoms with E-state index in [1.807, 2.05) is 12.1 Å². The summed E-state index contributed by atoms with van der Waals surface area (Å²) in [5.41, 5.74) is 2.38. The van der Waals surface area contributed by atoms with E-state index < -0.39 is 0 Å². The second-order valence-corrected chi connectivity index (χ2v) is 5.74. The molecule has 0 unspecified atom stereocenters. The number of nitrogens with zero attached hydrogens (tertiary/aromatic N) is 4. The number of benzene rings is 1. The fraction of sp³-hybridized carbons (Fsp3) is 0.267. The minimum Gasteiger partial charge on any atom is -0.343 e. The van der Waals surface area contributed by atoms with Crippen LogP contribution in [-0.2, 0) is 6.54 Å². The van der Waals surface area contributed by atoms with Crippen LogP contribution < -0.4 is 10.5 Å². The van der Waals surface area contributed by atoms with Gasteiger partial charge in [-0.15, -0.1) is 5.10 Å². The molecule has 0 atom stereocenters. The van der Waals surface area contributed by atoms with Crippen molar-refractivity contribution in [2.45, 2.75) is 20.4 Å². The summed E-state index contributed by atoms with van der Waals surface area (Å²) >= 11 is 1.44. The van der Waals surface area contributed by atoms with Crippen molar-refractivity contribution >= 4 is 21.4 Å². The van der Waals surface area contributed by atoms with Crippen LogP contribution in [0.25, 0.3) is 4.96 Å². The van der Waals surface area contributed by atoms with Crippen molar-refractivity contribution in [1.29, 1.82) is 0 Å².